The number of hydrogen-bond donors (Lipinski definition) is 0. The summed E-state index contributed by atoms with van der Waals surface area (Å²) in [4.78, 5) is 17.7. The maximum atomic E-state index is 13.7. The van der Waals surface area contributed by atoms with E-state index in [1.165, 1.54) is 17.2 Å². The Morgan fingerprint density at radius 1 is 1.50 bits per heavy atom. The molecule has 1 aliphatic rings. The van der Waals surface area contributed by atoms with Gasteiger partial charge in [-0.2, -0.15) is 5.26 Å². The van der Waals surface area contributed by atoms with Crippen molar-refractivity contribution in [2.45, 2.75) is 33.2 Å². The first-order chi connectivity index (χ1) is 9.34. The highest BCUT2D eigenvalue weighted by atomic mass is 19.1. The van der Waals surface area contributed by atoms with Crippen LogP contribution >= 0.6 is 0 Å². The van der Waals surface area contributed by atoms with E-state index < -0.39 is 11.2 Å². The summed E-state index contributed by atoms with van der Waals surface area (Å²) in [5, 5.41) is 10.1. The molecule has 1 aromatic rings. The fraction of sp³-hybridized carbons (Fsp3) is 0.467. The molecule has 4 nitrogen and oxygen atoms in total. The van der Waals surface area contributed by atoms with Crippen LogP contribution in [0.3, 0.4) is 0 Å². The first-order valence-corrected chi connectivity index (χ1v) is 6.50. The van der Waals surface area contributed by atoms with Crippen LogP contribution in [0.4, 0.5) is 4.39 Å². The van der Waals surface area contributed by atoms with E-state index >= 15 is 0 Å². The Balaban J connectivity index is 2.30. The van der Waals surface area contributed by atoms with Crippen molar-refractivity contribution in [3.05, 3.63) is 35.1 Å². The fourth-order valence-electron chi connectivity index (χ4n) is 2.13. The van der Waals surface area contributed by atoms with E-state index in [4.69, 9.17) is 10.1 Å². The molecule has 1 atom stereocenters. The molecular weight excluding hydrogens is 259 g/mol. The highest BCUT2D eigenvalue weighted by molar-refractivity contribution is 5.81. The minimum Gasteiger partial charge on any atom is -0.272 e. The van der Waals surface area contributed by atoms with Gasteiger partial charge in [-0.1, -0.05) is 26.8 Å². The van der Waals surface area contributed by atoms with Crippen molar-refractivity contribution < 1.29 is 14.0 Å². The predicted molar refractivity (Wildman–Crippen MR) is 70.7 cm³/mol. The molecule has 0 radical (unpaired) electrons. The Kier molecular flexibility index (Phi) is 3.78. The van der Waals surface area contributed by atoms with Crippen LogP contribution < -0.4 is 0 Å². The number of halogens is 1. The summed E-state index contributed by atoms with van der Waals surface area (Å²) in [6.07, 6.45) is 0.618. The number of carbonyl (C=O) groups excluding carboxylic acids is 1. The molecule has 0 bridgehead atoms. The molecule has 0 aliphatic carbocycles. The second-order valence-electron chi connectivity index (χ2n) is 5.87. The lowest BCUT2D eigenvalue weighted by Crippen LogP contribution is -2.38. The number of hydrogen-bond acceptors (Lipinski definition) is 3. The Hall–Kier alpha value is -1.93. The van der Waals surface area contributed by atoms with Gasteiger partial charge in [0.05, 0.1) is 18.2 Å². The molecule has 5 heteroatoms. The maximum absolute atomic E-state index is 13.7. The van der Waals surface area contributed by atoms with Crippen molar-refractivity contribution >= 4 is 5.91 Å². The van der Waals surface area contributed by atoms with Crippen LogP contribution in [0, 0.1) is 22.6 Å². The largest absolute Gasteiger partial charge is 0.272 e. The molecular formula is C15H17FN2O2. The molecule has 0 spiro atoms. The smallest absolute Gasteiger partial charge is 0.252 e. The van der Waals surface area contributed by atoms with Gasteiger partial charge in [0.25, 0.3) is 5.91 Å². The lowest BCUT2D eigenvalue weighted by molar-refractivity contribution is -0.186. The number of benzene rings is 1. The van der Waals surface area contributed by atoms with Crippen LogP contribution in [0.5, 0.6) is 0 Å². The second-order valence-corrected chi connectivity index (χ2v) is 5.87. The third kappa shape index (κ3) is 2.66. The lowest BCUT2D eigenvalue weighted by Gasteiger charge is -2.29. The van der Waals surface area contributed by atoms with Gasteiger partial charge in [-0.15, -0.1) is 0 Å². The summed E-state index contributed by atoms with van der Waals surface area (Å²) in [5.74, 6) is -0.704. The van der Waals surface area contributed by atoms with E-state index in [0.717, 1.165) is 0 Å². The SMILES string of the molecule is CC(C)(C)C(=O)N1OCC[C@H]1c1ccc(C#N)c(F)c1. The summed E-state index contributed by atoms with van der Waals surface area (Å²) in [7, 11) is 0. The Morgan fingerprint density at radius 3 is 2.75 bits per heavy atom. The summed E-state index contributed by atoms with van der Waals surface area (Å²) < 4.78 is 13.7. The quantitative estimate of drug-likeness (QED) is 0.792. The zero-order valence-electron chi connectivity index (χ0n) is 11.8. The molecule has 0 aromatic heterocycles. The lowest BCUT2D eigenvalue weighted by atomic mass is 9.93. The molecule has 1 aromatic carbocycles. The second kappa shape index (κ2) is 5.22. The first kappa shape index (κ1) is 14.5. The molecule has 1 heterocycles. The number of rotatable bonds is 1. The van der Waals surface area contributed by atoms with Crippen LogP contribution in [0.2, 0.25) is 0 Å². The van der Waals surface area contributed by atoms with Gasteiger partial charge >= 0.3 is 0 Å². The average molecular weight is 276 g/mol. The first-order valence-electron chi connectivity index (χ1n) is 6.50. The maximum Gasteiger partial charge on any atom is 0.252 e. The zero-order chi connectivity index (χ0) is 14.9. The predicted octanol–water partition coefficient (Wildman–Crippen LogP) is 2.95. The average Bonchev–Trinajstić information content (AvgIpc) is 2.85. The van der Waals surface area contributed by atoms with Gasteiger partial charge in [0.2, 0.25) is 0 Å². The highest BCUT2D eigenvalue weighted by Crippen LogP contribution is 2.34. The molecule has 20 heavy (non-hydrogen) atoms. The number of nitriles is 1. The summed E-state index contributed by atoms with van der Waals surface area (Å²) in [5.41, 5.74) is 0.0891. The Morgan fingerprint density at radius 2 is 2.20 bits per heavy atom. The normalized spacial score (nSPS) is 18.9. The standard InChI is InChI=1S/C15H17FN2O2/c1-15(2,3)14(19)18-13(6-7-20-18)10-4-5-11(9-17)12(16)8-10/h4-5,8,13H,6-7H2,1-3H3/t13-/m0/s1. The van der Waals surface area contributed by atoms with E-state index in [0.29, 0.717) is 18.6 Å². The van der Waals surface area contributed by atoms with E-state index in [1.54, 1.807) is 12.1 Å². The van der Waals surface area contributed by atoms with Gasteiger partial charge in [0.1, 0.15) is 11.9 Å². The van der Waals surface area contributed by atoms with Crippen molar-refractivity contribution in [1.82, 2.24) is 5.06 Å². The minimum absolute atomic E-state index is 0.00126. The van der Waals surface area contributed by atoms with Gasteiger partial charge in [0.15, 0.2) is 0 Å². The number of amides is 1. The van der Waals surface area contributed by atoms with Gasteiger partial charge in [-0.3, -0.25) is 9.63 Å². The van der Waals surface area contributed by atoms with Gasteiger partial charge in [0, 0.05) is 11.8 Å². The number of nitrogens with zero attached hydrogens (tertiary/aromatic N) is 2. The molecule has 0 N–H and O–H groups in total. The molecule has 1 amide bonds. The minimum atomic E-state index is -0.569. The Labute approximate surface area is 117 Å². The van der Waals surface area contributed by atoms with Crippen LogP contribution in [0.25, 0.3) is 0 Å². The van der Waals surface area contributed by atoms with Crippen molar-refractivity contribution in [1.29, 1.82) is 5.26 Å². The van der Waals surface area contributed by atoms with Crippen LogP contribution in [-0.4, -0.2) is 17.6 Å². The fourth-order valence-corrected chi connectivity index (χ4v) is 2.13. The van der Waals surface area contributed by atoms with Gasteiger partial charge in [-0.25, -0.2) is 9.45 Å². The third-order valence-corrected chi connectivity index (χ3v) is 3.24. The van der Waals surface area contributed by atoms with Crippen molar-refractivity contribution in [3.8, 4) is 6.07 Å². The monoisotopic (exact) mass is 276 g/mol. The molecule has 106 valence electrons. The van der Waals surface area contributed by atoms with Crippen molar-refractivity contribution in [2.24, 2.45) is 5.41 Å². The molecule has 1 fully saturated rings. The highest BCUT2D eigenvalue weighted by Gasteiger charge is 2.37. The van der Waals surface area contributed by atoms with Crippen molar-refractivity contribution in [3.63, 3.8) is 0 Å². The van der Waals surface area contributed by atoms with Gasteiger partial charge in [-0.05, 0) is 17.7 Å². The van der Waals surface area contributed by atoms with Gasteiger partial charge < -0.3 is 0 Å². The topological polar surface area (TPSA) is 53.3 Å². The van der Waals surface area contributed by atoms with E-state index in [9.17, 15) is 9.18 Å². The van der Waals surface area contributed by atoms with E-state index in [1.807, 2.05) is 20.8 Å². The Bertz CT molecular complexity index is 572. The van der Waals surface area contributed by atoms with Crippen molar-refractivity contribution in [2.75, 3.05) is 6.61 Å². The number of hydroxylamine groups is 2. The molecule has 2 rings (SSSR count). The molecule has 0 saturated carbocycles. The van der Waals surface area contributed by atoms with Crippen LogP contribution in [0.15, 0.2) is 18.2 Å². The van der Waals surface area contributed by atoms with Crippen LogP contribution in [0.1, 0.15) is 44.4 Å². The molecule has 0 unspecified atom stereocenters. The molecule has 1 saturated heterocycles. The summed E-state index contributed by atoms with van der Waals surface area (Å²) in [6, 6.07) is 5.89. The molecule has 1 aliphatic heterocycles. The summed E-state index contributed by atoms with van der Waals surface area (Å²) in [6.45, 7) is 5.86. The van der Waals surface area contributed by atoms with E-state index in [-0.39, 0.29) is 17.5 Å². The number of carbonyl (C=O) groups is 1. The zero-order valence-corrected chi connectivity index (χ0v) is 11.8. The van der Waals surface area contributed by atoms with E-state index in [2.05, 4.69) is 0 Å². The van der Waals surface area contributed by atoms with Crippen LogP contribution in [-0.2, 0) is 9.63 Å². The third-order valence-electron chi connectivity index (χ3n) is 3.24. The summed E-state index contributed by atoms with van der Waals surface area (Å²) >= 11 is 0.